The first kappa shape index (κ1) is 16.8. The second kappa shape index (κ2) is 7.71. The Balaban J connectivity index is 1.78. The zero-order valence-corrected chi connectivity index (χ0v) is 14.2. The summed E-state index contributed by atoms with van der Waals surface area (Å²) in [5.41, 5.74) is 1.40. The molecule has 3 rings (SSSR count). The average Bonchev–Trinajstić information content (AvgIpc) is 3.05. The lowest BCUT2D eigenvalue weighted by atomic mass is 10.2. The lowest BCUT2D eigenvalue weighted by molar-refractivity contribution is 0.186. The second-order valence-electron chi connectivity index (χ2n) is 5.52. The van der Waals surface area contributed by atoms with Gasteiger partial charge in [-0.05, 0) is 19.1 Å². The number of aromatic nitrogens is 5. The van der Waals surface area contributed by atoms with E-state index in [4.69, 9.17) is 4.74 Å². The first-order chi connectivity index (χ1) is 12.2. The smallest absolute Gasteiger partial charge is 0.165 e. The Labute approximate surface area is 145 Å². The molecule has 130 valence electrons. The molecular weight excluding hydrogens is 320 g/mol. The molecule has 0 aliphatic rings. The van der Waals surface area contributed by atoms with Crippen LogP contribution >= 0.6 is 0 Å². The van der Waals surface area contributed by atoms with Crippen molar-refractivity contribution < 1.29 is 9.84 Å². The molecule has 0 aliphatic heterocycles. The van der Waals surface area contributed by atoms with Gasteiger partial charge in [0, 0.05) is 25.4 Å². The van der Waals surface area contributed by atoms with Crippen LogP contribution in [0.4, 0.5) is 5.82 Å². The third-order valence-electron chi connectivity index (χ3n) is 3.66. The molecule has 0 unspecified atom stereocenters. The van der Waals surface area contributed by atoms with Gasteiger partial charge in [-0.25, -0.2) is 9.97 Å². The van der Waals surface area contributed by atoms with Crippen LogP contribution in [0.15, 0.2) is 36.7 Å². The number of hydrogen-bond acceptors (Lipinski definition) is 7. The van der Waals surface area contributed by atoms with E-state index >= 15 is 0 Å². The summed E-state index contributed by atoms with van der Waals surface area (Å²) in [6, 6.07) is 8.85. The van der Waals surface area contributed by atoms with Crippen molar-refractivity contribution in [2.24, 2.45) is 0 Å². The number of phenolic OH excluding ortho intramolecular Hbond substituents is 1. The molecule has 25 heavy (non-hydrogen) atoms. The van der Waals surface area contributed by atoms with Crippen molar-refractivity contribution in [1.82, 2.24) is 24.7 Å². The highest BCUT2D eigenvalue weighted by molar-refractivity contribution is 5.64. The highest BCUT2D eigenvalue weighted by Gasteiger charge is 2.10. The number of phenols is 1. The molecule has 0 saturated carbocycles. The number of para-hydroxylation sites is 1. The van der Waals surface area contributed by atoms with Crippen molar-refractivity contribution in [3.8, 4) is 17.1 Å². The third kappa shape index (κ3) is 4.10. The highest BCUT2D eigenvalue weighted by Crippen LogP contribution is 2.26. The van der Waals surface area contributed by atoms with Gasteiger partial charge in [0.1, 0.15) is 17.9 Å². The van der Waals surface area contributed by atoms with E-state index in [0.717, 1.165) is 11.5 Å². The fourth-order valence-electron chi connectivity index (χ4n) is 2.40. The molecule has 0 fully saturated rings. The molecule has 0 aliphatic carbocycles. The van der Waals surface area contributed by atoms with Gasteiger partial charge in [-0.2, -0.15) is 0 Å². The van der Waals surface area contributed by atoms with Gasteiger partial charge >= 0.3 is 0 Å². The molecular formula is C17H20N6O2. The molecule has 0 atom stereocenters. The third-order valence-corrected chi connectivity index (χ3v) is 3.66. The normalized spacial score (nSPS) is 10.8. The standard InChI is InChI=1S/C17H20N6O2/c1-12-9-15(18-10-16-22-19-11-23(16)7-8-25-2)21-17(20-12)13-5-3-4-6-14(13)24/h3-6,9,11,24H,7-8,10H2,1-2H3,(H,18,20,21). The number of aromatic hydroxyl groups is 1. The number of methoxy groups -OCH3 is 1. The van der Waals surface area contributed by atoms with Crippen LogP contribution in [0, 0.1) is 6.92 Å². The van der Waals surface area contributed by atoms with Crippen LogP contribution in [0.25, 0.3) is 11.4 Å². The second-order valence-corrected chi connectivity index (χ2v) is 5.52. The average molecular weight is 340 g/mol. The van der Waals surface area contributed by atoms with Crippen LogP contribution < -0.4 is 5.32 Å². The van der Waals surface area contributed by atoms with E-state index in [9.17, 15) is 5.11 Å². The number of rotatable bonds is 7. The first-order valence-electron chi connectivity index (χ1n) is 7.91. The van der Waals surface area contributed by atoms with Crippen LogP contribution in [-0.4, -0.2) is 43.6 Å². The number of ether oxygens (including phenoxy) is 1. The van der Waals surface area contributed by atoms with Crippen LogP contribution in [0.5, 0.6) is 5.75 Å². The van der Waals surface area contributed by atoms with E-state index in [1.165, 1.54) is 0 Å². The largest absolute Gasteiger partial charge is 0.507 e. The topological polar surface area (TPSA) is 98.0 Å². The molecule has 8 nitrogen and oxygen atoms in total. The fraction of sp³-hybridized carbons (Fsp3) is 0.294. The molecule has 0 spiro atoms. The van der Waals surface area contributed by atoms with E-state index < -0.39 is 0 Å². The summed E-state index contributed by atoms with van der Waals surface area (Å²) in [5.74, 6) is 2.07. The van der Waals surface area contributed by atoms with Crippen molar-refractivity contribution in [2.75, 3.05) is 19.0 Å². The lowest BCUT2D eigenvalue weighted by Gasteiger charge is -2.10. The van der Waals surface area contributed by atoms with Gasteiger partial charge in [0.15, 0.2) is 11.6 Å². The summed E-state index contributed by atoms with van der Waals surface area (Å²) in [6.07, 6.45) is 1.68. The van der Waals surface area contributed by atoms with Crippen LogP contribution in [0.3, 0.4) is 0 Å². The van der Waals surface area contributed by atoms with E-state index in [1.54, 1.807) is 31.6 Å². The minimum Gasteiger partial charge on any atom is -0.507 e. The highest BCUT2D eigenvalue weighted by atomic mass is 16.5. The summed E-state index contributed by atoms with van der Waals surface area (Å²) >= 11 is 0. The van der Waals surface area contributed by atoms with Gasteiger partial charge in [0.25, 0.3) is 0 Å². The minimum absolute atomic E-state index is 0.151. The van der Waals surface area contributed by atoms with Gasteiger partial charge in [0.2, 0.25) is 0 Å². The van der Waals surface area contributed by atoms with E-state index in [2.05, 4.69) is 25.5 Å². The molecule has 0 radical (unpaired) electrons. The molecule has 1 aromatic carbocycles. The molecule has 0 bridgehead atoms. The number of nitrogens with zero attached hydrogens (tertiary/aromatic N) is 5. The molecule has 0 amide bonds. The van der Waals surface area contributed by atoms with Gasteiger partial charge in [-0.3, -0.25) is 0 Å². The first-order valence-corrected chi connectivity index (χ1v) is 7.91. The van der Waals surface area contributed by atoms with E-state index in [-0.39, 0.29) is 5.75 Å². The Hall–Kier alpha value is -3.00. The zero-order chi connectivity index (χ0) is 17.6. The number of hydrogen-bond donors (Lipinski definition) is 2. The summed E-state index contributed by atoms with van der Waals surface area (Å²) < 4.78 is 7.01. The fourth-order valence-corrected chi connectivity index (χ4v) is 2.40. The summed E-state index contributed by atoms with van der Waals surface area (Å²) in [6.45, 7) is 3.64. The lowest BCUT2D eigenvalue weighted by Crippen LogP contribution is -2.12. The molecule has 2 aromatic heterocycles. The van der Waals surface area contributed by atoms with E-state index in [1.807, 2.05) is 23.6 Å². The molecule has 2 N–H and O–H groups in total. The molecule has 2 heterocycles. The van der Waals surface area contributed by atoms with Gasteiger partial charge in [-0.15, -0.1) is 10.2 Å². The molecule has 0 saturated heterocycles. The van der Waals surface area contributed by atoms with Crippen LogP contribution in [0.2, 0.25) is 0 Å². The quantitative estimate of drug-likeness (QED) is 0.679. The zero-order valence-electron chi connectivity index (χ0n) is 14.2. The molecule has 8 heteroatoms. The Morgan fingerprint density at radius 1 is 1.24 bits per heavy atom. The van der Waals surface area contributed by atoms with Gasteiger partial charge in [0.05, 0.1) is 18.7 Å². The number of anilines is 1. The Morgan fingerprint density at radius 2 is 2.08 bits per heavy atom. The monoisotopic (exact) mass is 340 g/mol. The Morgan fingerprint density at radius 3 is 2.88 bits per heavy atom. The van der Waals surface area contributed by atoms with Crippen molar-refractivity contribution >= 4 is 5.82 Å². The van der Waals surface area contributed by atoms with Crippen molar-refractivity contribution in [1.29, 1.82) is 0 Å². The Bertz CT molecular complexity index is 849. The van der Waals surface area contributed by atoms with Crippen molar-refractivity contribution in [3.05, 3.63) is 48.2 Å². The van der Waals surface area contributed by atoms with E-state index in [0.29, 0.717) is 36.9 Å². The summed E-state index contributed by atoms with van der Waals surface area (Å²) in [4.78, 5) is 8.90. The maximum absolute atomic E-state index is 10.0. The molecule has 3 aromatic rings. The summed E-state index contributed by atoms with van der Waals surface area (Å²) in [5, 5.41) is 21.3. The number of nitrogens with one attached hydrogen (secondary N) is 1. The number of benzene rings is 1. The minimum atomic E-state index is 0.151. The predicted octanol–water partition coefficient (Wildman–Crippen LogP) is 2.01. The van der Waals surface area contributed by atoms with Crippen LogP contribution in [-0.2, 0) is 17.8 Å². The predicted molar refractivity (Wildman–Crippen MR) is 93.1 cm³/mol. The van der Waals surface area contributed by atoms with Crippen molar-refractivity contribution in [3.63, 3.8) is 0 Å². The Kier molecular flexibility index (Phi) is 5.20. The SMILES string of the molecule is COCCn1cnnc1CNc1cc(C)nc(-c2ccccc2O)n1. The van der Waals surface area contributed by atoms with Crippen LogP contribution in [0.1, 0.15) is 11.5 Å². The number of aryl methyl sites for hydroxylation is 1. The maximum Gasteiger partial charge on any atom is 0.165 e. The maximum atomic E-state index is 10.0. The van der Waals surface area contributed by atoms with Gasteiger partial charge < -0.3 is 19.7 Å². The summed E-state index contributed by atoms with van der Waals surface area (Å²) in [7, 11) is 1.66. The van der Waals surface area contributed by atoms with Crippen molar-refractivity contribution in [2.45, 2.75) is 20.0 Å². The van der Waals surface area contributed by atoms with Gasteiger partial charge in [-0.1, -0.05) is 12.1 Å².